The van der Waals surface area contributed by atoms with Crippen molar-refractivity contribution in [3.63, 3.8) is 0 Å². The summed E-state index contributed by atoms with van der Waals surface area (Å²) >= 11 is 0. The van der Waals surface area contributed by atoms with Gasteiger partial charge in [-0.15, -0.1) is 10.2 Å². The highest BCUT2D eigenvalue weighted by Gasteiger charge is 2.42. The molecule has 5 rings (SSSR count). The molecule has 2 aliphatic rings. The minimum absolute atomic E-state index is 0.106. The van der Waals surface area contributed by atoms with Gasteiger partial charge < -0.3 is 16.0 Å². The number of carbonyl (C=O) groups excluding carboxylic acids is 2. The lowest BCUT2D eigenvalue weighted by Crippen LogP contribution is -2.39. The smallest absolute Gasteiger partial charge is 0.225 e. The fraction of sp³-hybridized carbons (Fsp3) is 0.419. The predicted octanol–water partition coefficient (Wildman–Crippen LogP) is 5.65. The van der Waals surface area contributed by atoms with Crippen molar-refractivity contribution in [2.75, 3.05) is 12.4 Å². The number of carbonyl (C=O) groups is 2. The van der Waals surface area contributed by atoms with E-state index in [-0.39, 0.29) is 29.6 Å². The van der Waals surface area contributed by atoms with Crippen molar-refractivity contribution in [3.05, 3.63) is 66.0 Å². The topological polar surface area (TPSA) is 101 Å². The van der Waals surface area contributed by atoms with Crippen molar-refractivity contribution in [3.8, 4) is 22.4 Å². The van der Waals surface area contributed by atoms with Gasteiger partial charge in [0, 0.05) is 48.2 Å². The standard InChI is InChI=1S/C31H36FN5O2/c1-3-29(39)37(2)23-12-9-20(10-13-23)17-28(38)34-27-19-24(21-7-5-4-6-8-21)30(36-35-27)22-11-14-25(26(32)18-22)31(33)15-16-31/h4-8,11,14,18-20,23H,3,9-10,12-13,15-17,33H2,1-2H3,(H,34,35,38)/t20-,23-. The SMILES string of the molecule is CCC(=O)N(C)[C@H]1CC[C@H](CC(=O)Nc2cc(-c3ccccc3)c(-c3ccc(C4(N)CC4)c(F)c3)nn2)CC1. The molecule has 2 aliphatic carbocycles. The third kappa shape index (κ3) is 6.01. The summed E-state index contributed by atoms with van der Waals surface area (Å²) < 4.78 is 15.0. The van der Waals surface area contributed by atoms with Gasteiger partial charge in [-0.2, -0.15) is 0 Å². The van der Waals surface area contributed by atoms with Crippen LogP contribution in [0.1, 0.15) is 63.9 Å². The van der Waals surface area contributed by atoms with Crippen LogP contribution in [0.15, 0.2) is 54.6 Å². The van der Waals surface area contributed by atoms with Crippen molar-refractivity contribution in [1.29, 1.82) is 0 Å². The Hall–Kier alpha value is -3.65. The molecule has 2 fully saturated rings. The van der Waals surface area contributed by atoms with Gasteiger partial charge in [-0.3, -0.25) is 9.59 Å². The van der Waals surface area contributed by atoms with Crippen LogP contribution in [-0.4, -0.2) is 40.0 Å². The average Bonchev–Trinajstić information content (AvgIpc) is 3.70. The Bertz CT molecular complexity index is 1350. The van der Waals surface area contributed by atoms with Gasteiger partial charge in [-0.1, -0.05) is 49.4 Å². The minimum Gasteiger partial charge on any atom is -0.343 e. The summed E-state index contributed by atoms with van der Waals surface area (Å²) in [5.74, 6) is 0.347. The number of nitrogens with one attached hydrogen (secondary N) is 1. The fourth-order valence-electron chi connectivity index (χ4n) is 5.62. The Morgan fingerprint density at radius 3 is 2.38 bits per heavy atom. The first kappa shape index (κ1) is 26.9. The van der Waals surface area contributed by atoms with Gasteiger partial charge >= 0.3 is 0 Å². The van der Waals surface area contributed by atoms with Gasteiger partial charge in [0.2, 0.25) is 11.8 Å². The lowest BCUT2D eigenvalue weighted by Gasteiger charge is -2.34. The lowest BCUT2D eigenvalue weighted by molar-refractivity contribution is -0.132. The molecular formula is C31H36FN5O2. The summed E-state index contributed by atoms with van der Waals surface area (Å²) in [6.45, 7) is 1.88. The Balaban J connectivity index is 1.30. The highest BCUT2D eigenvalue weighted by atomic mass is 19.1. The van der Waals surface area contributed by atoms with Crippen molar-refractivity contribution >= 4 is 17.6 Å². The molecule has 0 atom stereocenters. The number of amides is 2. The maximum Gasteiger partial charge on any atom is 0.225 e. The fourth-order valence-corrected chi connectivity index (χ4v) is 5.62. The zero-order chi connectivity index (χ0) is 27.6. The van der Waals surface area contributed by atoms with Crippen molar-refractivity contribution in [1.82, 2.24) is 15.1 Å². The summed E-state index contributed by atoms with van der Waals surface area (Å²) in [6, 6.07) is 16.8. The van der Waals surface area contributed by atoms with E-state index in [9.17, 15) is 9.59 Å². The van der Waals surface area contributed by atoms with Crippen LogP contribution >= 0.6 is 0 Å². The number of aromatic nitrogens is 2. The zero-order valence-electron chi connectivity index (χ0n) is 22.6. The van der Waals surface area contributed by atoms with Crippen LogP contribution in [0.5, 0.6) is 0 Å². The van der Waals surface area contributed by atoms with Crippen molar-refractivity contribution in [2.45, 2.75) is 69.9 Å². The van der Waals surface area contributed by atoms with E-state index in [0.29, 0.717) is 35.5 Å². The summed E-state index contributed by atoms with van der Waals surface area (Å²) in [4.78, 5) is 26.8. The molecule has 7 nitrogen and oxygen atoms in total. The van der Waals surface area contributed by atoms with Crippen molar-refractivity contribution in [2.24, 2.45) is 11.7 Å². The number of nitrogens with two attached hydrogens (primary N) is 1. The van der Waals surface area contributed by atoms with Crippen molar-refractivity contribution < 1.29 is 14.0 Å². The molecule has 1 aromatic heterocycles. The van der Waals surface area contributed by atoms with Gasteiger partial charge in [0.05, 0.1) is 0 Å². The number of hydrogen-bond donors (Lipinski definition) is 2. The van der Waals surface area contributed by atoms with E-state index in [1.165, 1.54) is 6.07 Å². The first-order valence-electron chi connectivity index (χ1n) is 13.9. The molecule has 0 radical (unpaired) electrons. The normalized spacial score (nSPS) is 19.8. The second kappa shape index (κ2) is 11.2. The molecular weight excluding hydrogens is 493 g/mol. The molecule has 2 aromatic carbocycles. The van der Waals surface area contributed by atoms with Crippen LogP contribution in [-0.2, 0) is 15.1 Å². The maximum absolute atomic E-state index is 15.0. The highest BCUT2D eigenvalue weighted by Crippen LogP contribution is 2.44. The van der Waals surface area contributed by atoms with Crippen LogP contribution in [0.4, 0.5) is 10.2 Å². The Labute approximate surface area is 229 Å². The maximum atomic E-state index is 15.0. The molecule has 3 aromatic rings. The molecule has 0 unspecified atom stereocenters. The summed E-state index contributed by atoms with van der Waals surface area (Å²) in [5.41, 5.74) is 8.98. The molecule has 2 amide bonds. The van der Waals surface area contributed by atoms with E-state index in [1.807, 2.05) is 55.3 Å². The average molecular weight is 530 g/mol. The summed E-state index contributed by atoms with van der Waals surface area (Å²) in [7, 11) is 1.88. The number of hydrogen-bond acceptors (Lipinski definition) is 5. The van der Waals surface area contributed by atoms with Crippen LogP contribution in [0.25, 0.3) is 22.4 Å². The van der Waals surface area contributed by atoms with E-state index in [0.717, 1.165) is 49.7 Å². The largest absolute Gasteiger partial charge is 0.343 e. The molecule has 0 aliphatic heterocycles. The van der Waals surface area contributed by atoms with E-state index in [4.69, 9.17) is 5.73 Å². The Kier molecular flexibility index (Phi) is 7.75. The predicted molar refractivity (Wildman–Crippen MR) is 150 cm³/mol. The van der Waals surface area contributed by atoms with Crippen LogP contribution < -0.4 is 11.1 Å². The third-order valence-corrected chi connectivity index (χ3v) is 8.25. The van der Waals surface area contributed by atoms with Gasteiger partial charge in [-0.25, -0.2) is 4.39 Å². The molecule has 0 spiro atoms. The third-order valence-electron chi connectivity index (χ3n) is 8.25. The molecule has 0 saturated heterocycles. The lowest BCUT2D eigenvalue weighted by atomic mass is 9.83. The van der Waals surface area contributed by atoms with Crippen LogP contribution in [0, 0.1) is 11.7 Å². The van der Waals surface area contributed by atoms with E-state index in [2.05, 4.69) is 15.5 Å². The number of halogens is 1. The van der Waals surface area contributed by atoms with Crippen LogP contribution in [0.2, 0.25) is 0 Å². The second-order valence-electron chi connectivity index (χ2n) is 11.0. The van der Waals surface area contributed by atoms with E-state index >= 15 is 4.39 Å². The summed E-state index contributed by atoms with van der Waals surface area (Å²) in [5, 5.41) is 11.6. The van der Waals surface area contributed by atoms with E-state index in [1.54, 1.807) is 12.1 Å². The monoisotopic (exact) mass is 529 g/mol. The Morgan fingerprint density at radius 2 is 1.74 bits per heavy atom. The zero-order valence-corrected chi connectivity index (χ0v) is 22.6. The Morgan fingerprint density at radius 1 is 1.03 bits per heavy atom. The molecule has 1 heterocycles. The number of nitrogens with zero attached hydrogens (tertiary/aromatic N) is 3. The van der Waals surface area contributed by atoms with Gasteiger partial charge in [-0.05, 0) is 62.1 Å². The number of rotatable bonds is 8. The molecule has 2 saturated carbocycles. The minimum atomic E-state index is -0.563. The molecule has 0 bridgehead atoms. The summed E-state index contributed by atoms with van der Waals surface area (Å²) in [6.07, 6.45) is 6.11. The second-order valence-corrected chi connectivity index (χ2v) is 11.0. The molecule has 8 heteroatoms. The highest BCUT2D eigenvalue weighted by molar-refractivity contribution is 5.91. The molecule has 204 valence electrons. The quantitative estimate of drug-likeness (QED) is 0.393. The molecule has 39 heavy (non-hydrogen) atoms. The van der Waals surface area contributed by atoms with E-state index < -0.39 is 5.54 Å². The molecule has 3 N–H and O–H groups in total. The van der Waals surface area contributed by atoms with Gasteiger partial charge in [0.15, 0.2) is 5.82 Å². The first-order chi connectivity index (χ1) is 18.8. The number of benzene rings is 2. The first-order valence-corrected chi connectivity index (χ1v) is 13.9. The van der Waals surface area contributed by atoms with Crippen LogP contribution in [0.3, 0.4) is 0 Å². The van der Waals surface area contributed by atoms with Gasteiger partial charge in [0.1, 0.15) is 11.5 Å². The number of anilines is 1. The van der Waals surface area contributed by atoms with Gasteiger partial charge in [0.25, 0.3) is 0 Å².